The van der Waals surface area contributed by atoms with Gasteiger partial charge in [0.1, 0.15) is 5.76 Å². The number of esters is 1. The maximum Gasteiger partial charge on any atom is 0.332 e. The van der Waals surface area contributed by atoms with Crippen molar-refractivity contribution in [2.75, 3.05) is 13.1 Å². The number of ether oxygens (including phenoxy) is 1. The third-order valence-corrected chi connectivity index (χ3v) is 4.63. The Bertz CT molecular complexity index is 778. The van der Waals surface area contributed by atoms with Gasteiger partial charge in [-0.1, -0.05) is 30.3 Å². The van der Waals surface area contributed by atoms with Gasteiger partial charge in [-0.3, -0.25) is 4.79 Å². The van der Waals surface area contributed by atoms with Gasteiger partial charge in [0.25, 0.3) is 5.91 Å². The van der Waals surface area contributed by atoms with Crippen molar-refractivity contribution in [3.63, 3.8) is 0 Å². The van der Waals surface area contributed by atoms with Crippen molar-refractivity contribution in [1.29, 1.82) is 0 Å². The predicted molar refractivity (Wildman–Crippen MR) is 101 cm³/mol. The summed E-state index contributed by atoms with van der Waals surface area (Å²) < 4.78 is 11.4. The number of piperidine rings is 1. The first-order valence-corrected chi connectivity index (χ1v) is 9.40. The lowest BCUT2D eigenvalue weighted by atomic mass is 10.1. The zero-order valence-electron chi connectivity index (χ0n) is 14.3. The maximum absolute atomic E-state index is 12.9. The van der Waals surface area contributed by atoms with Crippen molar-refractivity contribution in [2.45, 2.75) is 25.4 Å². The molecule has 0 saturated carbocycles. The van der Waals surface area contributed by atoms with Gasteiger partial charge in [0, 0.05) is 24.7 Å². The molecule has 6 heteroatoms. The molecular formula is C20H20BrNO4. The molecule has 1 aliphatic heterocycles. The number of nitrogens with zero attached hydrogens (tertiary/aromatic N) is 1. The molecule has 1 aromatic carbocycles. The summed E-state index contributed by atoms with van der Waals surface area (Å²) in [6, 6.07) is 12.6. The fourth-order valence-corrected chi connectivity index (χ4v) is 3.21. The van der Waals surface area contributed by atoms with Crippen molar-refractivity contribution in [3.05, 3.63) is 64.5 Å². The number of hydrogen-bond acceptors (Lipinski definition) is 4. The van der Waals surface area contributed by atoms with Crippen LogP contribution in [-0.4, -0.2) is 29.9 Å². The van der Waals surface area contributed by atoms with Crippen molar-refractivity contribution in [2.24, 2.45) is 0 Å². The lowest BCUT2D eigenvalue weighted by Crippen LogP contribution is -2.40. The Morgan fingerprint density at radius 3 is 2.46 bits per heavy atom. The average molecular weight is 418 g/mol. The van der Waals surface area contributed by atoms with Crippen LogP contribution in [0.1, 0.15) is 36.7 Å². The largest absolute Gasteiger partial charge is 0.450 e. The second-order valence-corrected chi connectivity index (χ2v) is 6.87. The zero-order chi connectivity index (χ0) is 18.4. The van der Waals surface area contributed by atoms with Crippen LogP contribution >= 0.6 is 15.9 Å². The third-order valence-electron chi connectivity index (χ3n) is 4.21. The van der Waals surface area contributed by atoms with Crippen molar-refractivity contribution in [3.8, 4) is 0 Å². The highest BCUT2D eigenvalue weighted by Gasteiger charge is 2.29. The van der Waals surface area contributed by atoms with E-state index in [2.05, 4.69) is 15.9 Å². The quantitative estimate of drug-likeness (QED) is 0.535. The molecule has 2 aromatic rings. The molecule has 1 aliphatic rings. The van der Waals surface area contributed by atoms with Crippen LogP contribution in [-0.2, 0) is 14.3 Å². The Morgan fingerprint density at radius 1 is 1.08 bits per heavy atom. The number of carbonyl (C=O) groups is 2. The smallest absolute Gasteiger partial charge is 0.332 e. The van der Waals surface area contributed by atoms with Gasteiger partial charge in [-0.15, -0.1) is 0 Å². The summed E-state index contributed by atoms with van der Waals surface area (Å²) >= 11 is 3.21. The van der Waals surface area contributed by atoms with Gasteiger partial charge in [0.15, 0.2) is 4.67 Å². The number of likely N-dealkylation sites (tertiary alicyclic amines) is 1. The summed E-state index contributed by atoms with van der Waals surface area (Å²) in [7, 11) is 0. The van der Waals surface area contributed by atoms with Crippen LogP contribution in [0.2, 0.25) is 0 Å². The second kappa shape index (κ2) is 8.85. The van der Waals surface area contributed by atoms with Gasteiger partial charge in [-0.25, -0.2) is 4.79 Å². The molecule has 0 N–H and O–H groups in total. The molecule has 1 atom stereocenters. The van der Waals surface area contributed by atoms with Crippen LogP contribution in [0.3, 0.4) is 0 Å². The molecule has 2 heterocycles. The standard InChI is InChI=1S/C20H20BrNO4/c21-17-11-9-16(25-17)10-12-18(23)26-19(15-7-3-1-4-8-15)20(24)22-13-5-2-6-14-22/h1,3-4,7-12,19H,2,5-6,13-14H2/b12-10+/t19-/m1/s1. The Hall–Kier alpha value is -2.34. The summed E-state index contributed by atoms with van der Waals surface area (Å²) in [5.41, 5.74) is 0.672. The number of rotatable bonds is 5. The molecule has 0 radical (unpaired) electrons. The monoisotopic (exact) mass is 417 g/mol. The highest BCUT2D eigenvalue weighted by molar-refractivity contribution is 9.10. The Labute approximate surface area is 160 Å². The van der Waals surface area contributed by atoms with Gasteiger partial charge in [0.05, 0.1) is 0 Å². The van der Waals surface area contributed by atoms with E-state index in [9.17, 15) is 9.59 Å². The minimum absolute atomic E-state index is 0.168. The number of benzene rings is 1. The third kappa shape index (κ3) is 4.85. The molecule has 136 valence electrons. The number of hydrogen-bond donors (Lipinski definition) is 0. The average Bonchev–Trinajstić information content (AvgIpc) is 3.10. The SMILES string of the molecule is O=C(/C=C/c1ccc(Br)o1)O[C@@H](C(=O)N1CCCCC1)c1ccccc1. The topological polar surface area (TPSA) is 59.8 Å². The molecule has 1 saturated heterocycles. The van der Waals surface area contributed by atoms with Gasteiger partial charge in [-0.2, -0.15) is 0 Å². The van der Waals surface area contributed by atoms with Gasteiger partial charge < -0.3 is 14.1 Å². The van der Waals surface area contributed by atoms with Crippen LogP contribution < -0.4 is 0 Å². The fourth-order valence-electron chi connectivity index (χ4n) is 2.89. The maximum atomic E-state index is 12.9. The normalized spacial score (nSPS) is 15.8. The zero-order valence-corrected chi connectivity index (χ0v) is 15.9. The van der Waals surface area contributed by atoms with Crippen LogP contribution in [0.4, 0.5) is 0 Å². The lowest BCUT2D eigenvalue weighted by molar-refractivity contribution is -0.157. The molecule has 3 rings (SSSR count). The number of amides is 1. The molecule has 0 unspecified atom stereocenters. The van der Waals surface area contributed by atoms with E-state index in [-0.39, 0.29) is 5.91 Å². The number of halogens is 1. The first kappa shape index (κ1) is 18.5. The lowest BCUT2D eigenvalue weighted by Gasteiger charge is -2.30. The summed E-state index contributed by atoms with van der Waals surface area (Å²) in [6.07, 6.45) is 4.93. The molecule has 0 aliphatic carbocycles. The van der Waals surface area contributed by atoms with Crippen molar-refractivity contribution < 1.29 is 18.7 Å². The highest BCUT2D eigenvalue weighted by Crippen LogP contribution is 2.23. The molecule has 1 fully saturated rings. The minimum atomic E-state index is -0.935. The number of furan rings is 1. The summed E-state index contributed by atoms with van der Waals surface area (Å²) in [6.45, 7) is 1.41. The Balaban J connectivity index is 1.73. The first-order valence-electron chi connectivity index (χ1n) is 8.61. The number of carbonyl (C=O) groups excluding carboxylic acids is 2. The first-order chi connectivity index (χ1) is 12.6. The molecule has 0 bridgehead atoms. The molecule has 0 spiro atoms. The van der Waals surface area contributed by atoms with Crippen LogP contribution in [0.5, 0.6) is 0 Å². The second-order valence-electron chi connectivity index (χ2n) is 6.09. The molecule has 26 heavy (non-hydrogen) atoms. The molecule has 1 aromatic heterocycles. The van der Waals surface area contributed by atoms with Gasteiger partial charge in [-0.05, 0) is 53.4 Å². The highest BCUT2D eigenvalue weighted by atomic mass is 79.9. The molecule has 1 amide bonds. The summed E-state index contributed by atoms with van der Waals surface area (Å²) in [5, 5.41) is 0. The molecule has 5 nitrogen and oxygen atoms in total. The van der Waals surface area contributed by atoms with E-state index < -0.39 is 12.1 Å². The summed E-state index contributed by atoms with van der Waals surface area (Å²) in [5.74, 6) is -0.234. The van der Waals surface area contributed by atoms with E-state index in [0.29, 0.717) is 29.1 Å². The van der Waals surface area contributed by atoms with E-state index in [1.165, 1.54) is 12.2 Å². The minimum Gasteiger partial charge on any atom is -0.450 e. The van der Waals surface area contributed by atoms with E-state index in [1.54, 1.807) is 29.2 Å². The van der Waals surface area contributed by atoms with Crippen LogP contribution in [0, 0.1) is 0 Å². The van der Waals surface area contributed by atoms with Gasteiger partial charge in [0.2, 0.25) is 6.10 Å². The van der Waals surface area contributed by atoms with E-state index >= 15 is 0 Å². The van der Waals surface area contributed by atoms with E-state index in [1.807, 2.05) is 18.2 Å². The fraction of sp³-hybridized carbons (Fsp3) is 0.300. The Morgan fingerprint density at radius 2 is 1.81 bits per heavy atom. The van der Waals surface area contributed by atoms with Gasteiger partial charge >= 0.3 is 5.97 Å². The van der Waals surface area contributed by atoms with E-state index in [4.69, 9.17) is 9.15 Å². The van der Waals surface area contributed by atoms with Crippen molar-refractivity contribution in [1.82, 2.24) is 4.90 Å². The Kier molecular flexibility index (Phi) is 6.28. The van der Waals surface area contributed by atoms with Crippen LogP contribution in [0.15, 0.2) is 57.6 Å². The molecular weight excluding hydrogens is 398 g/mol. The van der Waals surface area contributed by atoms with E-state index in [0.717, 1.165) is 19.3 Å². The predicted octanol–water partition coefficient (Wildman–Crippen LogP) is 4.35. The van der Waals surface area contributed by atoms with Crippen LogP contribution in [0.25, 0.3) is 6.08 Å². The van der Waals surface area contributed by atoms with Crippen molar-refractivity contribution >= 4 is 33.9 Å². The summed E-state index contributed by atoms with van der Waals surface area (Å²) in [4.78, 5) is 27.0.